The third-order valence-corrected chi connectivity index (χ3v) is 1.18. The lowest BCUT2D eigenvalue weighted by atomic mass is 10.2. The second-order valence-electron chi connectivity index (χ2n) is 1.87. The molecule has 2 heteroatoms. The van der Waals surface area contributed by atoms with Crippen molar-refractivity contribution in [3.8, 4) is 0 Å². The molecule has 44 valence electrons. The first kappa shape index (κ1) is 5.35. The fourth-order valence-corrected chi connectivity index (χ4v) is 0.731. The lowest BCUT2D eigenvalue weighted by Gasteiger charge is -1.98. The van der Waals surface area contributed by atoms with Crippen molar-refractivity contribution in [1.29, 1.82) is 0 Å². The first-order valence-electron chi connectivity index (χ1n) is 2.62. The van der Waals surface area contributed by atoms with Crippen molar-refractivity contribution >= 4 is 6.29 Å². The number of carbonyl (C=O) groups excluding carboxylic acids is 1. The molecule has 1 fully saturated rings. The zero-order valence-corrected chi connectivity index (χ0v) is 4.59. The largest absolute Gasteiger partial charge is 0.488 e. The maximum atomic E-state index is 9.99. The molecule has 1 aliphatic rings. The van der Waals surface area contributed by atoms with Gasteiger partial charge in [-0.15, -0.1) is 0 Å². The smallest absolute Gasteiger partial charge is 0.160 e. The zero-order chi connectivity index (χ0) is 5.98. The van der Waals surface area contributed by atoms with Crippen LogP contribution in [0.15, 0.2) is 12.3 Å². The van der Waals surface area contributed by atoms with E-state index in [4.69, 9.17) is 4.74 Å². The quantitative estimate of drug-likeness (QED) is 0.470. The zero-order valence-electron chi connectivity index (χ0n) is 4.59. The first-order valence-corrected chi connectivity index (χ1v) is 2.62. The van der Waals surface area contributed by atoms with E-state index in [1.165, 1.54) is 0 Å². The third-order valence-electron chi connectivity index (χ3n) is 1.18. The Balaban J connectivity index is 2.43. The average Bonchev–Trinajstić information content (AvgIpc) is 2.14. The maximum Gasteiger partial charge on any atom is 0.160 e. The Kier molecular flexibility index (Phi) is 1.33. The first-order chi connectivity index (χ1) is 3.83. The van der Waals surface area contributed by atoms with Crippen LogP contribution in [0.3, 0.4) is 0 Å². The summed E-state index contributed by atoms with van der Waals surface area (Å²) in [4.78, 5) is 9.99. The molecule has 0 bridgehead atoms. The highest BCUT2D eigenvalue weighted by atomic mass is 16.5. The molecule has 0 spiro atoms. The molecule has 1 aliphatic heterocycles. The summed E-state index contributed by atoms with van der Waals surface area (Å²) < 4.78 is 4.95. The Bertz CT molecular complexity index is 118. The molecule has 0 amide bonds. The summed E-state index contributed by atoms with van der Waals surface area (Å²) in [6, 6.07) is 0. The van der Waals surface area contributed by atoms with Gasteiger partial charge in [0.2, 0.25) is 0 Å². The van der Waals surface area contributed by atoms with E-state index in [1.54, 1.807) is 0 Å². The number of allylic oxidation sites excluding steroid dienone is 1. The topological polar surface area (TPSA) is 26.3 Å². The lowest BCUT2D eigenvalue weighted by Crippen LogP contribution is -2.03. The number of carbonyl (C=O) groups is 1. The van der Waals surface area contributed by atoms with Crippen LogP contribution in [0, 0.1) is 0 Å². The van der Waals surface area contributed by atoms with Gasteiger partial charge >= 0.3 is 0 Å². The summed E-state index contributed by atoms with van der Waals surface area (Å²) in [6.07, 6.45) is 2.26. The fourth-order valence-electron chi connectivity index (χ4n) is 0.731. The molecular weight excluding hydrogens is 104 g/mol. The van der Waals surface area contributed by atoms with Gasteiger partial charge in [-0.25, -0.2) is 0 Å². The van der Waals surface area contributed by atoms with E-state index in [0.717, 1.165) is 24.9 Å². The van der Waals surface area contributed by atoms with Crippen LogP contribution in [0.2, 0.25) is 0 Å². The second-order valence-corrected chi connectivity index (χ2v) is 1.87. The third kappa shape index (κ3) is 0.886. The van der Waals surface area contributed by atoms with Crippen molar-refractivity contribution in [2.45, 2.75) is 18.9 Å². The lowest BCUT2D eigenvalue weighted by molar-refractivity contribution is -0.114. The van der Waals surface area contributed by atoms with E-state index in [1.807, 2.05) is 0 Å². The molecule has 1 unspecified atom stereocenters. The Labute approximate surface area is 48.1 Å². The highest BCUT2D eigenvalue weighted by molar-refractivity contribution is 5.56. The summed E-state index contributed by atoms with van der Waals surface area (Å²) in [5, 5.41) is 0. The standard InChI is InChI=1S/C6H8O2/c1-5-2-3-6(4-7)8-5/h4,6H,1-3H2. The van der Waals surface area contributed by atoms with Gasteiger partial charge in [-0.2, -0.15) is 0 Å². The van der Waals surface area contributed by atoms with Gasteiger partial charge in [-0.1, -0.05) is 6.58 Å². The van der Waals surface area contributed by atoms with Crippen LogP contribution in [0.4, 0.5) is 0 Å². The molecule has 0 N–H and O–H groups in total. The highest BCUT2D eigenvalue weighted by Crippen LogP contribution is 2.18. The van der Waals surface area contributed by atoms with E-state index in [0.29, 0.717) is 0 Å². The number of ether oxygens (including phenoxy) is 1. The van der Waals surface area contributed by atoms with Crippen LogP contribution in [-0.2, 0) is 9.53 Å². The predicted molar refractivity (Wildman–Crippen MR) is 29.3 cm³/mol. The summed E-state index contributed by atoms with van der Waals surface area (Å²) in [5.74, 6) is 0.738. The Morgan fingerprint density at radius 3 is 2.88 bits per heavy atom. The van der Waals surface area contributed by atoms with Gasteiger partial charge < -0.3 is 4.74 Å². The molecule has 0 aromatic heterocycles. The summed E-state index contributed by atoms with van der Waals surface area (Å²) >= 11 is 0. The van der Waals surface area contributed by atoms with E-state index in [-0.39, 0.29) is 6.10 Å². The van der Waals surface area contributed by atoms with Crippen molar-refractivity contribution in [2.75, 3.05) is 0 Å². The molecule has 0 aromatic rings. The molecule has 1 rings (SSSR count). The number of aldehydes is 1. The van der Waals surface area contributed by atoms with Gasteiger partial charge in [-0.3, -0.25) is 4.79 Å². The van der Waals surface area contributed by atoms with Crippen molar-refractivity contribution in [3.63, 3.8) is 0 Å². The minimum Gasteiger partial charge on any atom is -0.488 e. The molecule has 1 heterocycles. The van der Waals surface area contributed by atoms with Crippen molar-refractivity contribution in [1.82, 2.24) is 0 Å². The second kappa shape index (κ2) is 1.99. The summed E-state index contributed by atoms with van der Waals surface area (Å²) in [5.41, 5.74) is 0. The van der Waals surface area contributed by atoms with Crippen molar-refractivity contribution < 1.29 is 9.53 Å². The summed E-state index contributed by atoms with van der Waals surface area (Å²) in [7, 11) is 0. The minimum absolute atomic E-state index is 0.206. The molecule has 8 heavy (non-hydrogen) atoms. The molecule has 0 aliphatic carbocycles. The normalized spacial score (nSPS) is 27.5. The maximum absolute atomic E-state index is 9.99. The Morgan fingerprint density at radius 2 is 2.62 bits per heavy atom. The van der Waals surface area contributed by atoms with Gasteiger partial charge in [0.1, 0.15) is 0 Å². The van der Waals surface area contributed by atoms with Gasteiger partial charge in [0.25, 0.3) is 0 Å². The highest BCUT2D eigenvalue weighted by Gasteiger charge is 2.16. The van der Waals surface area contributed by atoms with E-state index in [9.17, 15) is 4.79 Å². The predicted octanol–water partition coefficient (Wildman–Crippen LogP) is 0.878. The van der Waals surface area contributed by atoms with Crippen LogP contribution in [0.5, 0.6) is 0 Å². The molecule has 1 atom stereocenters. The van der Waals surface area contributed by atoms with Crippen LogP contribution < -0.4 is 0 Å². The van der Waals surface area contributed by atoms with Crippen LogP contribution in [-0.4, -0.2) is 12.4 Å². The minimum atomic E-state index is -0.206. The van der Waals surface area contributed by atoms with E-state index in [2.05, 4.69) is 6.58 Å². The fraction of sp³-hybridized carbons (Fsp3) is 0.500. The molecule has 0 saturated carbocycles. The Morgan fingerprint density at radius 1 is 1.88 bits per heavy atom. The van der Waals surface area contributed by atoms with E-state index < -0.39 is 0 Å². The monoisotopic (exact) mass is 112 g/mol. The SMILES string of the molecule is C=C1CCC(C=O)O1. The number of hydrogen-bond acceptors (Lipinski definition) is 2. The molecule has 0 aromatic carbocycles. The molecule has 2 nitrogen and oxygen atoms in total. The van der Waals surface area contributed by atoms with Crippen molar-refractivity contribution in [2.24, 2.45) is 0 Å². The van der Waals surface area contributed by atoms with Gasteiger partial charge in [0.05, 0.1) is 5.76 Å². The average molecular weight is 112 g/mol. The molecule has 1 saturated heterocycles. The van der Waals surface area contributed by atoms with Crippen molar-refractivity contribution in [3.05, 3.63) is 12.3 Å². The molecule has 0 radical (unpaired) electrons. The van der Waals surface area contributed by atoms with Gasteiger partial charge in [0.15, 0.2) is 12.4 Å². The van der Waals surface area contributed by atoms with Crippen LogP contribution in [0.1, 0.15) is 12.8 Å². The van der Waals surface area contributed by atoms with Crippen LogP contribution in [0.25, 0.3) is 0 Å². The summed E-state index contributed by atoms with van der Waals surface area (Å²) in [6.45, 7) is 3.57. The van der Waals surface area contributed by atoms with E-state index >= 15 is 0 Å². The number of hydrogen-bond donors (Lipinski definition) is 0. The Hall–Kier alpha value is -0.790. The van der Waals surface area contributed by atoms with Gasteiger partial charge in [0, 0.05) is 6.42 Å². The van der Waals surface area contributed by atoms with Crippen LogP contribution >= 0.6 is 0 Å². The van der Waals surface area contributed by atoms with Gasteiger partial charge in [-0.05, 0) is 6.42 Å². The molecular formula is C6H8O2. The number of rotatable bonds is 1.